The van der Waals surface area contributed by atoms with Gasteiger partial charge in [-0.05, 0) is 30.7 Å². The fourth-order valence-corrected chi connectivity index (χ4v) is 3.28. The van der Waals surface area contributed by atoms with Gasteiger partial charge in [-0.2, -0.15) is 9.50 Å². The lowest BCUT2D eigenvalue weighted by Gasteiger charge is -1.95. The first-order valence-corrected chi connectivity index (χ1v) is 8.16. The van der Waals surface area contributed by atoms with E-state index >= 15 is 0 Å². The standard InChI is InChI=1S/C18H12FN3OS/c1-11-2-6-13(7-3-11)16-20-18-22(21-16)17(23)15(24-18)10-12-4-8-14(19)9-5-12/h2-10H,1H3. The molecule has 6 heteroatoms. The molecule has 4 aromatic rings. The van der Waals surface area contributed by atoms with Gasteiger partial charge in [-0.3, -0.25) is 4.79 Å². The fraction of sp³-hybridized carbons (Fsp3) is 0.0556. The van der Waals surface area contributed by atoms with E-state index in [2.05, 4.69) is 10.1 Å². The van der Waals surface area contributed by atoms with E-state index in [0.717, 1.165) is 16.7 Å². The molecule has 0 unspecified atom stereocenters. The van der Waals surface area contributed by atoms with Crippen molar-refractivity contribution in [2.75, 3.05) is 0 Å². The third-order valence-corrected chi connectivity index (χ3v) is 4.62. The monoisotopic (exact) mass is 337 g/mol. The molecule has 0 spiro atoms. The fourth-order valence-electron chi connectivity index (χ4n) is 2.37. The predicted octanol–water partition coefficient (Wildman–Crippen LogP) is 2.81. The first kappa shape index (κ1) is 14.7. The summed E-state index contributed by atoms with van der Waals surface area (Å²) in [6, 6.07) is 13.8. The van der Waals surface area contributed by atoms with Crippen LogP contribution >= 0.6 is 11.3 Å². The summed E-state index contributed by atoms with van der Waals surface area (Å²) in [6.07, 6.45) is 1.72. The second-order valence-corrected chi connectivity index (χ2v) is 6.47. The Kier molecular flexibility index (Phi) is 3.46. The van der Waals surface area contributed by atoms with Gasteiger partial charge >= 0.3 is 0 Å². The molecule has 0 fully saturated rings. The van der Waals surface area contributed by atoms with Crippen LogP contribution < -0.4 is 10.1 Å². The zero-order chi connectivity index (χ0) is 16.7. The average molecular weight is 337 g/mol. The van der Waals surface area contributed by atoms with Gasteiger partial charge in [0, 0.05) is 5.56 Å². The van der Waals surface area contributed by atoms with Gasteiger partial charge < -0.3 is 0 Å². The van der Waals surface area contributed by atoms with Crippen LogP contribution in [-0.2, 0) is 0 Å². The first-order valence-electron chi connectivity index (χ1n) is 7.34. The minimum atomic E-state index is -0.306. The number of thiazole rings is 1. The predicted molar refractivity (Wildman–Crippen MR) is 92.5 cm³/mol. The van der Waals surface area contributed by atoms with Crippen molar-refractivity contribution in [2.45, 2.75) is 6.92 Å². The summed E-state index contributed by atoms with van der Waals surface area (Å²) in [7, 11) is 0. The number of aromatic nitrogens is 3. The maximum Gasteiger partial charge on any atom is 0.291 e. The van der Waals surface area contributed by atoms with E-state index in [1.54, 1.807) is 18.2 Å². The maximum absolute atomic E-state index is 13.0. The lowest BCUT2D eigenvalue weighted by atomic mass is 10.1. The number of rotatable bonds is 2. The molecule has 2 heterocycles. The second-order valence-electron chi connectivity index (χ2n) is 5.46. The minimum absolute atomic E-state index is 0.217. The van der Waals surface area contributed by atoms with E-state index in [1.807, 2.05) is 31.2 Å². The summed E-state index contributed by atoms with van der Waals surface area (Å²) >= 11 is 1.27. The Balaban J connectivity index is 1.79. The van der Waals surface area contributed by atoms with E-state index in [9.17, 15) is 9.18 Å². The van der Waals surface area contributed by atoms with Gasteiger partial charge in [-0.1, -0.05) is 53.3 Å². The van der Waals surface area contributed by atoms with Crippen LogP contribution in [0, 0.1) is 12.7 Å². The Morgan fingerprint density at radius 2 is 1.79 bits per heavy atom. The first-order chi connectivity index (χ1) is 11.6. The van der Waals surface area contributed by atoms with Crippen molar-refractivity contribution in [3.05, 3.63) is 80.4 Å². The summed E-state index contributed by atoms with van der Waals surface area (Å²) in [5, 5.41) is 4.31. The number of benzene rings is 2. The van der Waals surface area contributed by atoms with Crippen molar-refractivity contribution in [2.24, 2.45) is 0 Å². The molecule has 0 saturated carbocycles. The van der Waals surface area contributed by atoms with E-state index < -0.39 is 0 Å². The molecule has 4 nitrogen and oxygen atoms in total. The molecule has 2 aromatic carbocycles. The molecule has 0 N–H and O–H groups in total. The molecule has 0 aliphatic heterocycles. The number of halogens is 1. The van der Waals surface area contributed by atoms with E-state index in [4.69, 9.17) is 0 Å². The summed E-state index contributed by atoms with van der Waals surface area (Å²) in [5.74, 6) is 0.228. The van der Waals surface area contributed by atoms with Crippen LogP contribution in [0.1, 0.15) is 11.1 Å². The number of nitrogens with zero attached hydrogens (tertiary/aromatic N) is 3. The molecular formula is C18H12FN3OS. The Bertz CT molecular complexity index is 1130. The van der Waals surface area contributed by atoms with E-state index in [-0.39, 0.29) is 11.4 Å². The highest BCUT2D eigenvalue weighted by Gasteiger charge is 2.11. The van der Waals surface area contributed by atoms with Crippen LogP contribution in [0.25, 0.3) is 22.4 Å². The van der Waals surface area contributed by atoms with Crippen molar-refractivity contribution >= 4 is 22.4 Å². The van der Waals surface area contributed by atoms with Gasteiger partial charge in [-0.15, -0.1) is 5.10 Å². The smallest absolute Gasteiger partial charge is 0.266 e. The molecule has 118 valence electrons. The highest BCUT2D eigenvalue weighted by atomic mass is 32.1. The second kappa shape index (κ2) is 5.65. The Labute approximate surface area is 140 Å². The number of fused-ring (bicyclic) bond motifs is 1. The van der Waals surface area contributed by atoms with E-state index in [1.165, 1.54) is 28.0 Å². The van der Waals surface area contributed by atoms with Crippen LogP contribution in [0.3, 0.4) is 0 Å². The Hall–Kier alpha value is -2.86. The molecule has 0 amide bonds. The molecule has 0 saturated heterocycles. The minimum Gasteiger partial charge on any atom is -0.266 e. The van der Waals surface area contributed by atoms with Gasteiger partial charge in [0.05, 0.1) is 4.53 Å². The van der Waals surface area contributed by atoms with Gasteiger partial charge in [0.15, 0.2) is 5.82 Å². The van der Waals surface area contributed by atoms with Crippen LogP contribution in [0.2, 0.25) is 0 Å². The largest absolute Gasteiger partial charge is 0.291 e. The summed E-state index contributed by atoms with van der Waals surface area (Å²) in [5.41, 5.74) is 2.57. The summed E-state index contributed by atoms with van der Waals surface area (Å²) in [6.45, 7) is 2.01. The van der Waals surface area contributed by atoms with Crippen LogP contribution in [-0.4, -0.2) is 14.6 Å². The lowest BCUT2D eigenvalue weighted by molar-refractivity contribution is 0.628. The molecular weight excluding hydrogens is 325 g/mol. The zero-order valence-corrected chi connectivity index (χ0v) is 13.5. The number of hydrogen-bond acceptors (Lipinski definition) is 4. The molecule has 2 aromatic heterocycles. The molecule has 4 rings (SSSR count). The van der Waals surface area contributed by atoms with E-state index in [0.29, 0.717) is 15.3 Å². The number of hydrogen-bond donors (Lipinski definition) is 0. The molecule has 0 atom stereocenters. The third kappa shape index (κ3) is 2.61. The average Bonchev–Trinajstić information content (AvgIpc) is 3.11. The quantitative estimate of drug-likeness (QED) is 0.565. The third-order valence-electron chi connectivity index (χ3n) is 3.66. The van der Waals surface area contributed by atoms with Crippen molar-refractivity contribution < 1.29 is 4.39 Å². The van der Waals surface area contributed by atoms with Crippen LogP contribution in [0.5, 0.6) is 0 Å². The van der Waals surface area contributed by atoms with Crippen molar-refractivity contribution in [1.29, 1.82) is 0 Å². The van der Waals surface area contributed by atoms with Gasteiger partial charge in [0.2, 0.25) is 4.96 Å². The summed E-state index contributed by atoms with van der Waals surface area (Å²) < 4.78 is 14.8. The Morgan fingerprint density at radius 1 is 1.08 bits per heavy atom. The van der Waals surface area contributed by atoms with Crippen molar-refractivity contribution in [3.8, 4) is 11.4 Å². The van der Waals surface area contributed by atoms with Gasteiger partial charge in [-0.25, -0.2) is 4.39 Å². The molecule has 0 aliphatic carbocycles. The maximum atomic E-state index is 13.0. The molecule has 24 heavy (non-hydrogen) atoms. The molecule has 0 radical (unpaired) electrons. The van der Waals surface area contributed by atoms with Crippen molar-refractivity contribution in [1.82, 2.24) is 14.6 Å². The Morgan fingerprint density at radius 3 is 2.46 bits per heavy atom. The highest BCUT2D eigenvalue weighted by Crippen LogP contribution is 2.17. The molecule has 0 aliphatic rings. The van der Waals surface area contributed by atoms with Gasteiger partial charge in [0.25, 0.3) is 5.56 Å². The number of aryl methyl sites for hydroxylation is 1. The zero-order valence-electron chi connectivity index (χ0n) is 12.7. The van der Waals surface area contributed by atoms with Crippen LogP contribution in [0.15, 0.2) is 53.3 Å². The normalized spacial score (nSPS) is 12.2. The highest BCUT2D eigenvalue weighted by molar-refractivity contribution is 7.15. The van der Waals surface area contributed by atoms with Crippen molar-refractivity contribution in [3.63, 3.8) is 0 Å². The topological polar surface area (TPSA) is 47.3 Å². The van der Waals surface area contributed by atoms with Crippen LogP contribution in [0.4, 0.5) is 4.39 Å². The SMILES string of the molecule is Cc1ccc(-c2nc3sc(=Cc4ccc(F)cc4)c(=O)n3n2)cc1. The molecule has 0 bridgehead atoms. The van der Waals surface area contributed by atoms with Gasteiger partial charge in [0.1, 0.15) is 5.82 Å². The summed E-state index contributed by atoms with van der Waals surface area (Å²) in [4.78, 5) is 17.4. The lowest BCUT2D eigenvalue weighted by Crippen LogP contribution is -2.23.